The lowest BCUT2D eigenvalue weighted by atomic mass is 9.75. The van der Waals surface area contributed by atoms with Gasteiger partial charge in [-0.15, -0.1) is 0 Å². The first-order valence-corrected chi connectivity index (χ1v) is 11.7. The molecular formula is C21H25NO5S2. The third-order valence-electron chi connectivity index (χ3n) is 5.38. The zero-order valence-corrected chi connectivity index (χ0v) is 18.3. The Bertz CT molecular complexity index is 809. The highest BCUT2D eigenvalue weighted by molar-refractivity contribution is 8.38. The monoisotopic (exact) mass is 435 g/mol. The smallest absolute Gasteiger partial charge is 0.246 e. The number of ether oxygens (including phenoxy) is 1. The third kappa shape index (κ3) is 4.86. The van der Waals surface area contributed by atoms with Crippen LogP contribution in [-0.2, 0) is 20.8 Å². The fraction of sp³-hybridized carbons (Fsp3) is 0.524. The van der Waals surface area contributed by atoms with E-state index in [0.29, 0.717) is 43.7 Å². The number of methoxy groups -OCH3 is 1. The Morgan fingerprint density at radius 2 is 1.86 bits per heavy atom. The van der Waals surface area contributed by atoms with Crippen molar-refractivity contribution < 1.29 is 23.9 Å². The first kappa shape index (κ1) is 21.9. The second kappa shape index (κ2) is 9.80. The second-order valence-corrected chi connectivity index (χ2v) is 9.53. The Morgan fingerprint density at radius 3 is 2.52 bits per heavy atom. The minimum absolute atomic E-state index is 0.0168. The number of thioether (sulfide) groups is 2. The minimum atomic E-state index is -0.828. The van der Waals surface area contributed by atoms with Crippen molar-refractivity contribution in [2.24, 2.45) is 5.92 Å². The van der Waals surface area contributed by atoms with E-state index in [0.717, 1.165) is 22.9 Å². The van der Waals surface area contributed by atoms with Gasteiger partial charge in [0.05, 0.1) is 18.9 Å². The third-order valence-corrected chi connectivity index (χ3v) is 7.24. The lowest BCUT2D eigenvalue weighted by Gasteiger charge is -2.41. The van der Waals surface area contributed by atoms with Crippen molar-refractivity contribution in [1.29, 1.82) is 0 Å². The quantitative estimate of drug-likeness (QED) is 0.653. The molecule has 1 aromatic carbocycles. The van der Waals surface area contributed by atoms with E-state index in [1.807, 2.05) is 19.1 Å². The first-order valence-electron chi connectivity index (χ1n) is 9.77. The molecule has 1 fully saturated rings. The van der Waals surface area contributed by atoms with E-state index in [-0.39, 0.29) is 27.7 Å². The van der Waals surface area contributed by atoms with Crippen molar-refractivity contribution >= 4 is 45.4 Å². The van der Waals surface area contributed by atoms with E-state index in [1.54, 1.807) is 18.1 Å². The molecule has 1 aliphatic heterocycles. The highest BCUT2D eigenvalue weighted by Crippen LogP contribution is 2.40. The number of carbonyl (C=O) groups is 4. The topological polar surface area (TPSA) is 80.8 Å². The molecule has 156 valence electrons. The van der Waals surface area contributed by atoms with Crippen LogP contribution in [0.1, 0.15) is 43.4 Å². The number of rotatable bonds is 5. The molecule has 1 unspecified atom stereocenters. The summed E-state index contributed by atoms with van der Waals surface area (Å²) in [6, 6.07) is 4.97. The Balaban J connectivity index is 1.92. The van der Waals surface area contributed by atoms with Crippen LogP contribution in [0.4, 0.5) is 4.79 Å². The van der Waals surface area contributed by atoms with Gasteiger partial charge in [0.2, 0.25) is 10.4 Å². The van der Waals surface area contributed by atoms with Crippen LogP contribution in [0.25, 0.3) is 0 Å². The highest BCUT2D eigenvalue weighted by atomic mass is 32.2. The maximum Gasteiger partial charge on any atom is 0.246 e. The lowest BCUT2D eigenvalue weighted by Crippen LogP contribution is -2.48. The molecule has 1 heterocycles. The fourth-order valence-electron chi connectivity index (χ4n) is 4.04. The van der Waals surface area contributed by atoms with Crippen LogP contribution in [-0.4, -0.2) is 52.0 Å². The molecule has 0 radical (unpaired) electrons. The Labute approximate surface area is 179 Å². The molecule has 3 rings (SSSR count). The summed E-state index contributed by atoms with van der Waals surface area (Å²) >= 11 is 2.16. The van der Waals surface area contributed by atoms with Crippen molar-refractivity contribution in [3.8, 4) is 5.75 Å². The number of fused-ring (bicyclic) bond motifs is 1. The van der Waals surface area contributed by atoms with E-state index in [1.165, 1.54) is 11.8 Å². The molecule has 0 bridgehead atoms. The summed E-state index contributed by atoms with van der Waals surface area (Å²) in [6.45, 7) is 2.30. The SMILES string of the molecule is CCSC(=O)SCC(=O)N1CCc2cc(OC)ccc2C1C1C(=O)CCCC1=O. The molecular weight excluding hydrogens is 410 g/mol. The molecule has 1 aromatic rings. The molecule has 29 heavy (non-hydrogen) atoms. The van der Waals surface area contributed by atoms with Gasteiger partial charge in [0.25, 0.3) is 0 Å². The number of carbonyl (C=O) groups excluding carboxylic acids is 4. The molecule has 2 aliphatic rings. The van der Waals surface area contributed by atoms with Gasteiger partial charge in [-0.25, -0.2) is 0 Å². The molecule has 0 saturated heterocycles. The van der Waals surface area contributed by atoms with Gasteiger partial charge in [-0.1, -0.05) is 36.5 Å². The molecule has 0 N–H and O–H groups in total. The van der Waals surface area contributed by atoms with Crippen molar-refractivity contribution in [1.82, 2.24) is 4.90 Å². The average Bonchev–Trinajstić information content (AvgIpc) is 2.71. The molecule has 1 aliphatic carbocycles. The predicted octanol–water partition coefficient (Wildman–Crippen LogP) is 3.67. The summed E-state index contributed by atoms with van der Waals surface area (Å²) in [7, 11) is 1.59. The van der Waals surface area contributed by atoms with Crippen LogP contribution in [0.15, 0.2) is 18.2 Å². The highest BCUT2D eigenvalue weighted by Gasteiger charge is 2.44. The number of ketones is 2. The number of benzene rings is 1. The second-order valence-electron chi connectivity index (χ2n) is 7.08. The minimum Gasteiger partial charge on any atom is -0.497 e. The van der Waals surface area contributed by atoms with E-state index in [2.05, 4.69) is 0 Å². The van der Waals surface area contributed by atoms with E-state index in [9.17, 15) is 19.2 Å². The van der Waals surface area contributed by atoms with Crippen molar-refractivity contribution in [3.63, 3.8) is 0 Å². The summed E-state index contributed by atoms with van der Waals surface area (Å²) < 4.78 is 5.21. The molecule has 6 nitrogen and oxygen atoms in total. The van der Waals surface area contributed by atoms with Gasteiger partial charge in [-0.3, -0.25) is 19.2 Å². The maximum absolute atomic E-state index is 13.0. The molecule has 1 amide bonds. The van der Waals surface area contributed by atoms with Gasteiger partial charge in [0.1, 0.15) is 23.2 Å². The number of Topliss-reactive ketones (excluding diaryl/α,β-unsaturated/α-hetero) is 2. The molecule has 0 spiro atoms. The Morgan fingerprint density at radius 1 is 1.14 bits per heavy atom. The standard InChI is InChI=1S/C21H25NO5S2/c1-3-28-21(26)29-12-18(25)22-10-9-13-11-14(27-2)7-8-15(13)20(22)19-16(23)5-4-6-17(19)24/h7-8,11,19-20H,3-6,9-10,12H2,1-2H3. The van der Waals surface area contributed by atoms with Gasteiger partial charge in [-0.05, 0) is 41.9 Å². The molecule has 1 saturated carbocycles. The summed E-state index contributed by atoms with van der Waals surface area (Å²) in [4.78, 5) is 51.9. The van der Waals surface area contributed by atoms with Crippen LogP contribution in [0.2, 0.25) is 0 Å². The van der Waals surface area contributed by atoms with Crippen LogP contribution in [0.5, 0.6) is 5.75 Å². The van der Waals surface area contributed by atoms with Crippen molar-refractivity contribution in [3.05, 3.63) is 29.3 Å². The van der Waals surface area contributed by atoms with Crippen LogP contribution >= 0.6 is 23.5 Å². The van der Waals surface area contributed by atoms with Gasteiger partial charge >= 0.3 is 0 Å². The zero-order valence-electron chi connectivity index (χ0n) is 16.6. The summed E-state index contributed by atoms with van der Waals surface area (Å²) in [6.07, 6.45) is 1.91. The Kier molecular flexibility index (Phi) is 7.40. The predicted molar refractivity (Wildman–Crippen MR) is 114 cm³/mol. The number of hydrogen-bond acceptors (Lipinski definition) is 7. The summed E-state index contributed by atoms with van der Waals surface area (Å²) in [5.41, 5.74) is 1.83. The molecule has 1 atom stereocenters. The summed E-state index contributed by atoms with van der Waals surface area (Å²) in [5.74, 6) is 0.149. The average molecular weight is 436 g/mol. The van der Waals surface area contributed by atoms with Crippen LogP contribution in [0, 0.1) is 5.92 Å². The first-order chi connectivity index (χ1) is 14.0. The van der Waals surface area contributed by atoms with Crippen LogP contribution < -0.4 is 4.74 Å². The van der Waals surface area contributed by atoms with Crippen molar-refractivity contribution in [2.75, 3.05) is 25.2 Å². The molecule has 0 aromatic heterocycles. The number of nitrogens with zero attached hydrogens (tertiary/aromatic N) is 1. The van der Waals surface area contributed by atoms with E-state index < -0.39 is 12.0 Å². The van der Waals surface area contributed by atoms with Gasteiger partial charge < -0.3 is 9.64 Å². The number of amides is 1. The zero-order chi connectivity index (χ0) is 21.0. The molecule has 8 heteroatoms. The normalized spacial score (nSPS) is 19.8. The largest absolute Gasteiger partial charge is 0.497 e. The maximum atomic E-state index is 13.0. The van der Waals surface area contributed by atoms with E-state index in [4.69, 9.17) is 4.74 Å². The van der Waals surface area contributed by atoms with Gasteiger partial charge in [0.15, 0.2) is 0 Å². The number of hydrogen-bond donors (Lipinski definition) is 0. The van der Waals surface area contributed by atoms with E-state index >= 15 is 0 Å². The fourth-order valence-corrected chi connectivity index (χ4v) is 5.55. The van der Waals surface area contributed by atoms with Gasteiger partial charge in [0, 0.05) is 19.4 Å². The van der Waals surface area contributed by atoms with Crippen molar-refractivity contribution in [2.45, 2.75) is 38.6 Å². The lowest BCUT2D eigenvalue weighted by molar-refractivity contribution is -0.142. The van der Waals surface area contributed by atoms with Gasteiger partial charge in [-0.2, -0.15) is 0 Å². The summed E-state index contributed by atoms with van der Waals surface area (Å²) in [5, 5.41) is 0. The Hall–Kier alpha value is -1.80. The van der Waals surface area contributed by atoms with Crippen LogP contribution in [0.3, 0.4) is 0 Å².